The highest BCUT2D eigenvalue weighted by atomic mass is 32.2. The van der Waals surface area contributed by atoms with E-state index in [4.69, 9.17) is 5.73 Å². The second kappa shape index (κ2) is 5.48. The maximum absolute atomic E-state index is 6.01. The molecular weight excluding hydrogens is 242 g/mol. The van der Waals surface area contributed by atoms with Crippen LogP contribution in [0.25, 0.3) is 0 Å². The first-order valence-corrected chi connectivity index (χ1v) is 7.09. The number of nitrogens with zero attached hydrogens (tertiary/aromatic N) is 2. The lowest BCUT2D eigenvalue weighted by molar-refractivity contribution is 0.720. The van der Waals surface area contributed by atoms with E-state index >= 15 is 0 Å². The molecule has 0 unspecified atom stereocenters. The predicted octanol–water partition coefficient (Wildman–Crippen LogP) is 3.17. The third-order valence-electron chi connectivity index (χ3n) is 2.93. The zero-order chi connectivity index (χ0) is 13.1. The zero-order valence-electron chi connectivity index (χ0n) is 11.1. The number of benzene rings is 1. The van der Waals surface area contributed by atoms with Crippen molar-refractivity contribution >= 4 is 17.4 Å². The number of thioether (sulfide) groups is 1. The lowest BCUT2D eigenvalue weighted by Crippen LogP contribution is -1.97. The van der Waals surface area contributed by atoms with Crippen LogP contribution in [0, 0.1) is 6.92 Å². The average Bonchev–Trinajstić information content (AvgIpc) is 2.69. The molecule has 0 saturated heterocycles. The Kier molecular flexibility index (Phi) is 3.97. The number of hydrogen-bond acceptors (Lipinski definition) is 3. The molecule has 0 aliphatic heterocycles. The average molecular weight is 261 g/mol. The molecule has 1 aromatic heterocycles. The number of hydrogen-bond donors (Lipinski definition) is 1. The highest BCUT2D eigenvalue weighted by Gasteiger charge is 2.06. The number of aryl methyl sites for hydroxylation is 3. The Bertz CT molecular complexity index is 546. The van der Waals surface area contributed by atoms with Crippen molar-refractivity contribution < 1.29 is 0 Å². The summed E-state index contributed by atoms with van der Waals surface area (Å²) in [4.78, 5) is 1.14. The van der Waals surface area contributed by atoms with Gasteiger partial charge in [0.2, 0.25) is 0 Å². The lowest BCUT2D eigenvalue weighted by Gasteiger charge is -2.06. The molecule has 0 spiro atoms. The third kappa shape index (κ3) is 2.88. The molecule has 0 atom stereocenters. The van der Waals surface area contributed by atoms with E-state index in [0.29, 0.717) is 0 Å². The molecule has 3 nitrogen and oxygen atoms in total. The Balaban J connectivity index is 2.08. The van der Waals surface area contributed by atoms with Crippen LogP contribution in [-0.4, -0.2) is 9.78 Å². The first-order valence-electron chi connectivity index (χ1n) is 6.11. The van der Waals surface area contributed by atoms with Gasteiger partial charge in [-0.15, -0.1) is 11.8 Å². The van der Waals surface area contributed by atoms with Crippen molar-refractivity contribution in [2.24, 2.45) is 7.05 Å². The minimum absolute atomic E-state index is 0.859. The fourth-order valence-electron chi connectivity index (χ4n) is 1.83. The van der Waals surface area contributed by atoms with Gasteiger partial charge in [-0.2, -0.15) is 5.10 Å². The van der Waals surface area contributed by atoms with E-state index in [2.05, 4.69) is 37.1 Å². The molecule has 1 heterocycles. The zero-order valence-corrected chi connectivity index (χ0v) is 11.9. The molecule has 0 bridgehead atoms. The van der Waals surface area contributed by atoms with Gasteiger partial charge in [-0.1, -0.05) is 13.0 Å². The minimum Gasteiger partial charge on any atom is -0.398 e. The van der Waals surface area contributed by atoms with Gasteiger partial charge in [0.05, 0.1) is 5.69 Å². The molecule has 1 aromatic carbocycles. The van der Waals surface area contributed by atoms with Crippen LogP contribution in [0.4, 0.5) is 5.69 Å². The molecule has 0 aliphatic rings. The summed E-state index contributed by atoms with van der Waals surface area (Å²) in [7, 11) is 1.99. The number of nitrogens with two attached hydrogens (primary N) is 1. The topological polar surface area (TPSA) is 43.8 Å². The Hall–Kier alpha value is -1.42. The molecule has 0 amide bonds. The molecular formula is C14H19N3S. The van der Waals surface area contributed by atoms with Crippen LogP contribution in [0.3, 0.4) is 0 Å². The fourth-order valence-corrected chi connectivity index (χ4v) is 2.79. The van der Waals surface area contributed by atoms with Crippen LogP contribution >= 0.6 is 11.8 Å². The van der Waals surface area contributed by atoms with Gasteiger partial charge in [0, 0.05) is 29.1 Å². The SMILES string of the molecule is CCc1cc(CSc2ccc(C)cc2N)n(C)n1. The van der Waals surface area contributed by atoms with Crippen molar-refractivity contribution in [2.75, 3.05) is 5.73 Å². The first kappa shape index (κ1) is 13.0. The summed E-state index contributed by atoms with van der Waals surface area (Å²) in [5.41, 5.74) is 10.4. The van der Waals surface area contributed by atoms with E-state index in [9.17, 15) is 0 Å². The Morgan fingerprint density at radius 3 is 2.72 bits per heavy atom. The summed E-state index contributed by atoms with van der Waals surface area (Å²) in [6.07, 6.45) is 0.977. The monoisotopic (exact) mass is 261 g/mol. The van der Waals surface area contributed by atoms with Crippen molar-refractivity contribution in [3.8, 4) is 0 Å². The van der Waals surface area contributed by atoms with Crippen LogP contribution in [0.2, 0.25) is 0 Å². The molecule has 0 saturated carbocycles. The minimum atomic E-state index is 0.859. The summed E-state index contributed by atoms with van der Waals surface area (Å²) in [5.74, 6) is 0.900. The Labute approximate surface area is 112 Å². The van der Waals surface area contributed by atoms with Gasteiger partial charge in [0.25, 0.3) is 0 Å². The molecule has 96 valence electrons. The van der Waals surface area contributed by atoms with Crippen LogP contribution in [0.1, 0.15) is 23.9 Å². The largest absolute Gasteiger partial charge is 0.398 e. The van der Waals surface area contributed by atoms with E-state index in [0.717, 1.165) is 28.5 Å². The van der Waals surface area contributed by atoms with Crippen molar-refractivity contribution in [1.82, 2.24) is 9.78 Å². The highest BCUT2D eigenvalue weighted by molar-refractivity contribution is 7.98. The van der Waals surface area contributed by atoms with E-state index in [1.165, 1.54) is 11.3 Å². The van der Waals surface area contributed by atoms with Gasteiger partial charge in [0.1, 0.15) is 0 Å². The standard InChI is InChI=1S/C14H19N3S/c1-4-11-8-12(17(3)16-11)9-18-14-6-5-10(2)7-13(14)15/h5-8H,4,9,15H2,1-3H3. The second-order valence-electron chi connectivity index (χ2n) is 4.43. The number of aromatic nitrogens is 2. The summed E-state index contributed by atoms with van der Waals surface area (Å²) < 4.78 is 1.95. The summed E-state index contributed by atoms with van der Waals surface area (Å²) in [6.45, 7) is 4.18. The van der Waals surface area contributed by atoms with Crippen molar-refractivity contribution in [1.29, 1.82) is 0 Å². The third-order valence-corrected chi connectivity index (χ3v) is 4.05. The van der Waals surface area contributed by atoms with Gasteiger partial charge < -0.3 is 5.73 Å². The predicted molar refractivity (Wildman–Crippen MR) is 77.7 cm³/mol. The smallest absolute Gasteiger partial charge is 0.0625 e. The van der Waals surface area contributed by atoms with E-state index in [-0.39, 0.29) is 0 Å². The second-order valence-corrected chi connectivity index (χ2v) is 5.45. The van der Waals surface area contributed by atoms with Crippen molar-refractivity contribution in [2.45, 2.75) is 30.9 Å². The van der Waals surface area contributed by atoms with Gasteiger partial charge >= 0.3 is 0 Å². The maximum Gasteiger partial charge on any atom is 0.0625 e. The molecule has 2 aromatic rings. The summed E-state index contributed by atoms with van der Waals surface area (Å²) in [5, 5.41) is 4.45. The number of nitrogen functional groups attached to an aromatic ring is 1. The molecule has 2 rings (SSSR count). The number of rotatable bonds is 4. The molecule has 0 fully saturated rings. The first-order chi connectivity index (χ1) is 8.60. The molecule has 0 aliphatic carbocycles. The van der Waals surface area contributed by atoms with E-state index < -0.39 is 0 Å². The molecule has 18 heavy (non-hydrogen) atoms. The quantitative estimate of drug-likeness (QED) is 0.679. The highest BCUT2D eigenvalue weighted by Crippen LogP contribution is 2.28. The van der Waals surface area contributed by atoms with E-state index in [1.54, 1.807) is 11.8 Å². The van der Waals surface area contributed by atoms with Crippen molar-refractivity contribution in [3.05, 3.63) is 41.2 Å². The fraction of sp³-hybridized carbons (Fsp3) is 0.357. The molecule has 0 radical (unpaired) electrons. The Morgan fingerprint density at radius 2 is 2.11 bits per heavy atom. The van der Waals surface area contributed by atoms with Crippen LogP contribution in [-0.2, 0) is 19.2 Å². The van der Waals surface area contributed by atoms with Crippen LogP contribution in [0.5, 0.6) is 0 Å². The molecule has 2 N–H and O–H groups in total. The van der Waals surface area contributed by atoms with Gasteiger partial charge in [0.15, 0.2) is 0 Å². The van der Waals surface area contributed by atoms with Crippen LogP contribution in [0.15, 0.2) is 29.2 Å². The normalized spacial score (nSPS) is 10.8. The molecule has 4 heteroatoms. The van der Waals surface area contributed by atoms with Crippen LogP contribution < -0.4 is 5.73 Å². The van der Waals surface area contributed by atoms with Crippen molar-refractivity contribution in [3.63, 3.8) is 0 Å². The number of anilines is 1. The Morgan fingerprint density at radius 1 is 1.33 bits per heavy atom. The van der Waals surface area contributed by atoms with Gasteiger partial charge in [-0.05, 0) is 37.1 Å². The maximum atomic E-state index is 6.01. The summed E-state index contributed by atoms with van der Waals surface area (Å²) in [6, 6.07) is 8.37. The lowest BCUT2D eigenvalue weighted by atomic mass is 10.2. The van der Waals surface area contributed by atoms with Gasteiger partial charge in [-0.25, -0.2) is 0 Å². The van der Waals surface area contributed by atoms with Gasteiger partial charge in [-0.3, -0.25) is 4.68 Å². The summed E-state index contributed by atoms with van der Waals surface area (Å²) >= 11 is 1.76. The van der Waals surface area contributed by atoms with E-state index in [1.807, 2.05) is 17.8 Å².